The Morgan fingerprint density at radius 2 is 1.57 bits per heavy atom. The van der Waals surface area contributed by atoms with Crippen molar-refractivity contribution in [3.8, 4) is 0 Å². The molecule has 120 valence electrons. The predicted molar refractivity (Wildman–Crippen MR) is 79.2 cm³/mol. The maximum Gasteiger partial charge on any atom is 0.172 e. The standard InChI is InChI=1S/C16H25F2NO2/c1-4-7-19-15(16(20-5-2)21-6-3)10-12-8-13(17)11-14(18)9-12/h8-9,11,15-16,19H,4-7,10H2,1-3H3. The quantitative estimate of drug-likeness (QED) is 0.673. The molecule has 0 saturated heterocycles. The van der Waals surface area contributed by atoms with Crippen molar-refractivity contribution in [1.82, 2.24) is 5.32 Å². The first-order valence-electron chi connectivity index (χ1n) is 7.52. The number of ether oxygens (including phenoxy) is 2. The van der Waals surface area contributed by atoms with Gasteiger partial charge in [0.15, 0.2) is 6.29 Å². The summed E-state index contributed by atoms with van der Waals surface area (Å²) in [5, 5.41) is 3.33. The molecule has 0 amide bonds. The zero-order valence-corrected chi connectivity index (χ0v) is 13.0. The van der Waals surface area contributed by atoms with Crippen molar-refractivity contribution in [3.63, 3.8) is 0 Å². The number of nitrogens with one attached hydrogen (secondary N) is 1. The van der Waals surface area contributed by atoms with E-state index in [1.54, 1.807) is 0 Å². The highest BCUT2D eigenvalue weighted by atomic mass is 19.1. The third-order valence-corrected chi connectivity index (χ3v) is 3.02. The molecule has 1 atom stereocenters. The summed E-state index contributed by atoms with van der Waals surface area (Å²) in [7, 11) is 0. The third-order valence-electron chi connectivity index (χ3n) is 3.02. The first kappa shape index (κ1) is 18.0. The molecule has 1 aromatic carbocycles. The number of halogens is 2. The van der Waals surface area contributed by atoms with Crippen LogP contribution in [0.3, 0.4) is 0 Å². The van der Waals surface area contributed by atoms with E-state index in [1.165, 1.54) is 12.1 Å². The molecule has 1 rings (SSSR count). The summed E-state index contributed by atoms with van der Waals surface area (Å²) in [6.45, 7) is 7.68. The first-order chi connectivity index (χ1) is 10.1. The van der Waals surface area contributed by atoms with Gasteiger partial charge in [0.05, 0.1) is 6.04 Å². The number of hydrogen-bond acceptors (Lipinski definition) is 3. The van der Waals surface area contributed by atoms with Crippen LogP contribution in [0, 0.1) is 11.6 Å². The Bertz CT molecular complexity index is 389. The smallest absolute Gasteiger partial charge is 0.172 e. The summed E-state index contributed by atoms with van der Waals surface area (Å²) >= 11 is 0. The Labute approximate surface area is 125 Å². The van der Waals surface area contributed by atoms with Crippen LogP contribution in [0.2, 0.25) is 0 Å². The molecule has 1 unspecified atom stereocenters. The van der Waals surface area contributed by atoms with E-state index in [4.69, 9.17) is 9.47 Å². The van der Waals surface area contributed by atoms with E-state index >= 15 is 0 Å². The molecule has 0 aliphatic heterocycles. The van der Waals surface area contributed by atoms with Crippen molar-refractivity contribution in [3.05, 3.63) is 35.4 Å². The maximum atomic E-state index is 13.3. The van der Waals surface area contributed by atoms with E-state index in [0.717, 1.165) is 19.0 Å². The average Bonchev–Trinajstić information content (AvgIpc) is 2.42. The van der Waals surface area contributed by atoms with Crippen LogP contribution in [0.25, 0.3) is 0 Å². The molecule has 0 fully saturated rings. The van der Waals surface area contributed by atoms with Gasteiger partial charge in [-0.25, -0.2) is 8.78 Å². The molecule has 0 saturated carbocycles. The molecule has 0 heterocycles. The highest BCUT2D eigenvalue weighted by Crippen LogP contribution is 2.14. The van der Waals surface area contributed by atoms with E-state index < -0.39 is 17.9 Å². The van der Waals surface area contributed by atoms with Gasteiger partial charge in [0.1, 0.15) is 11.6 Å². The van der Waals surface area contributed by atoms with Crippen molar-refractivity contribution in [1.29, 1.82) is 0 Å². The van der Waals surface area contributed by atoms with Crippen LogP contribution in [-0.4, -0.2) is 32.1 Å². The minimum Gasteiger partial charge on any atom is -0.351 e. The Kier molecular flexibility index (Phi) is 8.42. The van der Waals surface area contributed by atoms with Gasteiger partial charge in [0.25, 0.3) is 0 Å². The summed E-state index contributed by atoms with van der Waals surface area (Å²) in [4.78, 5) is 0. The Morgan fingerprint density at radius 1 is 1.00 bits per heavy atom. The molecule has 0 radical (unpaired) electrons. The van der Waals surface area contributed by atoms with Crippen molar-refractivity contribution >= 4 is 0 Å². The van der Waals surface area contributed by atoms with Crippen molar-refractivity contribution in [2.75, 3.05) is 19.8 Å². The second-order valence-corrected chi connectivity index (χ2v) is 4.82. The van der Waals surface area contributed by atoms with Crippen LogP contribution in [-0.2, 0) is 15.9 Å². The summed E-state index contributed by atoms with van der Waals surface area (Å²) in [6.07, 6.45) is 0.969. The lowest BCUT2D eigenvalue weighted by atomic mass is 10.0. The van der Waals surface area contributed by atoms with Gasteiger partial charge in [0.2, 0.25) is 0 Å². The number of rotatable bonds is 10. The van der Waals surface area contributed by atoms with Gasteiger partial charge in [-0.15, -0.1) is 0 Å². The van der Waals surface area contributed by atoms with E-state index in [2.05, 4.69) is 12.2 Å². The fourth-order valence-electron chi connectivity index (χ4n) is 2.19. The lowest BCUT2D eigenvalue weighted by Gasteiger charge is -2.28. The highest BCUT2D eigenvalue weighted by Gasteiger charge is 2.22. The first-order valence-corrected chi connectivity index (χ1v) is 7.52. The summed E-state index contributed by atoms with van der Waals surface area (Å²) < 4.78 is 37.8. The van der Waals surface area contributed by atoms with Crippen LogP contribution < -0.4 is 5.32 Å². The van der Waals surface area contributed by atoms with Crippen LogP contribution in [0.5, 0.6) is 0 Å². The zero-order chi connectivity index (χ0) is 15.7. The molecule has 21 heavy (non-hydrogen) atoms. The lowest BCUT2D eigenvalue weighted by Crippen LogP contribution is -2.45. The van der Waals surface area contributed by atoms with Gasteiger partial charge >= 0.3 is 0 Å². The lowest BCUT2D eigenvalue weighted by molar-refractivity contribution is -0.153. The zero-order valence-electron chi connectivity index (χ0n) is 13.0. The number of hydrogen-bond donors (Lipinski definition) is 1. The van der Waals surface area contributed by atoms with E-state index in [0.29, 0.717) is 25.2 Å². The number of benzene rings is 1. The van der Waals surface area contributed by atoms with E-state index in [-0.39, 0.29) is 6.04 Å². The maximum absolute atomic E-state index is 13.3. The van der Waals surface area contributed by atoms with Gasteiger partial charge < -0.3 is 14.8 Å². The Morgan fingerprint density at radius 3 is 2.05 bits per heavy atom. The highest BCUT2D eigenvalue weighted by molar-refractivity contribution is 5.19. The van der Waals surface area contributed by atoms with Gasteiger partial charge in [-0.1, -0.05) is 6.92 Å². The van der Waals surface area contributed by atoms with Gasteiger partial charge in [0, 0.05) is 19.3 Å². The molecule has 0 aromatic heterocycles. The molecule has 0 bridgehead atoms. The fourth-order valence-corrected chi connectivity index (χ4v) is 2.19. The molecular weight excluding hydrogens is 276 g/mol. The molecule has 1 N–H and O–H groups in total. The fraction of sp³-hybridized carbons (Fsp3) is 0.625. The van der Waals surface area contributed by atoms with Gasteiger partial charge in [-0.2, -0.15) is 0 Å². The summed E-state index contributed by atoms with van der Waals surface area (Å²) in [5.41, 5.74) is 0.588. The topological polar surface area (TPSA) is 30.5 Å². The molecular formula is C16H25F2NO2. The van der Waals surface area contributed by atoms with Crippen LogP contribution in [0.1, 0.15) is 32.8 Å². The molecule has 3 nitrogen and oxygen atoms in total. The molecule has 5 heteroatoms. The van der Waals surface area contributed by atoms with Crippen molar-refractivity contribution in [2.24, 2.45) is 0 Å². The van der Waals surface area contributed by atoms with Crippen LogP contribution in [0.4, 0.5) is 8.78 Å². The third kappa shape index (κ3) is 6.50. The van der Waals surface area contributed by atoms with Gasteiger partial charge in [-0.05, 0) is 50.9 Å². The van der Waals surface area contributed by atoms with Crippen LogP contribution >= 0.6 is 0 Å². The normalized spacial score (nSPS) is 12.9. The van der Waals surface area contributed by atoms with Gasteiger partial charge in [-0.3, -0.25) is 0 Å². The molecule has 0 spiro atoms. The Balaban J connectivity index is 2.84. The van der Waals surface area contributed by atoms with E-state index in [9.17, 15) is 8.78 Å². The predicted octanol–water partition coefficient (Wildman–Crippen LogP) is 3.27. The van der Waals surface area contributed by atoms with Crippen molar-refractivity contribution < 1.29 is 18.3 Å². The summed E-state index contributed by atoms with van der Waals surface area (Å²) in [5.74, 6) is -1.13. The largest absolute Gasteiger partial charge is 0.351 e. The van der Waals surface area contributed by atoms with Crippen molar-refractivity contribution in [2.45, 2.75) is 45.9 Å². The second kappa shape index (κ2) is 9.82. The molecule has 0 aliphatic rings. The minimum atomic E-state index is -0.566. The van der Waals surface area contributed by atoms with E-state index in [1.807, 2.05) is 13.8 Å². The second-order valence-electron chi connectivity index (χ2n) is 4.82. The SMILES string of the molecule is CCCNC(Cc1cc(F)cc(F)c1)C(OCC)OCC. The van der Waals surface area contributed by atoms with Crippen LogP contribution in [0.15, 0.2) is 18.2 Å². The Hall–Kier alpha value is -1.04. The molecule has 1 aromatic rings. The summed E-state index contributed by atoms with van der Waals surface area (Å²) in [6, 6.07) is 3.42. The molecule has 0 aliphatic carbocycles. The minimum absolute atomic E-state index is 0.147. The average molecular weight is 301 g/mol. The monoisotopic (exact) mass is 301 g/mol.